The Morgan fingerprint density at radius 1 is 0.520 bits per heavy atom. The van der Waals surface area contributed by atoms with Crippen molar-refractivity contribution in [3.63, 3.8) is 0 Å². The van der Waals surface area contributed by atoms with Crippen LogP contribution in [0.4, 0.5) is 0 Å². The molecule has 2 aromatic rings. The lowest BCUT2D eigenvalue weighted by Gasteiger charge is -2.64. The van der Waals surface area contributed by atoms with Gasteiger partial charge in [0.05, 0.1) is 43.0 Å². The van der Waals surface area contributed by atoms with Crippen molar-refractivity contribution in [3.8, 4) is 0 Å². The molecular formula is C41H54O9. The standard InChI is InChI=1S/C20H24O4.C19H22O4.CH4O.CH4/c1-23-16(21)19-9-14-8-18(11-19,15-6-4-3-5-7-15)12-20(10-14,13-19)17(22)24-2;1-23-16(22)19-9-13-7-17(11-19,14-5-3-2-4-6-14)10-18(8-13,12-19)15(20)21;1-2;/h3-7,14H,8-13H2,1-2H3;2-6,13H,7-12H2,1H3,(H,20,21);2H,1H3;1H4. The van der Waals surface area contributed by atoms with E-state index in [2.05, 4.69) is 24.3 Å². The number of carboxylic acid groups (broad SMARTS) is 1. The van der Waals surface area contributed by atoms with Crippen LogP contribution in [0.5, 0.6) is 0 Å². The minimum Gasteiger partial charge on any atom is -0.481 e. The number of carbonyl (C=O) groups is 4. The van der Waals surface area contributed by atoms with Gasteiger partial charge in [0.2, 0.25) is 0 Å². The van der Waals surface area contributed by atoms with Crippen molar-refractivity contribution < 1.29 is 43.6 Å². The number of hydrogen-bond acceptors (Lipinski definition) is 8. The topological polar surface area (TPSA) is 136 Å². The second-order valence-corrected chi connectivity index (χ2v) is 16.2. The summed E-state index contributed by atoms with van der Waals surface area (Å²) in [7, 11) is 5.34. The van der Waals surface area contributed by atoms with Crippen molar-refractivity contribution in [2.45, 2.75) is 95.3 Å². The number of esters is 3. The molecule has 8 saturated carbocycles. The number of ether oxygens (including phenoxy) is 3. The molecule has 0 heterocycles. The SMILES string of the molecule is C.CO.COC(=O)C12CC3CC(C(=O)O)(C1)CC(c1ccccc1)(C3)C2.COC(=O)C12CC3CC(C(=O)OC)(C1)CC(c1ccccc1)(C3)C2. The summed E-state index contributed by atoms with van der Waals surface area (Å²) in [5.41, 5.74) is -0.378. The van der Waals surface area contributed by atoms with Crippen molar-refractivity contribution in [3.05, 3.63) is 71.8 Å². The summed E-state index contributed by atoms with van der Waals surface area (Å²) in [6, 6.07) is 20.6. The van der Waals surface area contributed by atoms with Crippen LogP contribution < -0.4 is 0 Å². The number of benzene rings is 2. The number of hydrogen-bond donors (Lipinski definition) is 2. The van der Waals surface area contributed by atoms with Crippen LogP contribution in [0.1, 0.15) is 95.6 Å². The molecule has 2 aromatic carbocycles. The molecule has 272 valence electrons. The second kappa shape index (κ2) is 13.4. The van der Waals surface area contributed by atoms with E-state index in [-0.39, 0.29) is 36.2 Å². The quantitative estimate of drug-likeness (QED) is 0.253. The number of methoxy groups -OCH3 is 3. The van der Waals surface area contributed by atoms with Crippen LogP contribution >= 0.6 is 0 Å². The van der Waals surface area contributed by atoms with E-state index in [1.165, 1.54) is 32.5 Å². The molecule has 8 fully saturated rings. The lowest BCUT2D eigenvalue weighted by Crippen LogP contribution is -2.63. The lowest BCUT2D eigenvalue weighted by molar-refractivity contribution is -0.195. The van der Waals surface area contributed by atoms with Crippen molar-refractivity contribution >= 4 is 23.9 Å². The van der Waals surface area contributed by atoms with E-state index >= 15 is 0 Å². The van der Waals surface area contributed by atoms with Gasteiger partial charge < -0.3 is 24.4 Å². The summed E-state index contributed by atoms with van der Waals surface area (Å²) in [4.78, 5) is 50.2. The molecule has 0 saturated heterocycles. The summed E-state index contributed by atoms with van der Waals surface area (Å²) in [6.45, 7) is 0. The molecule has 2 N–H and O–H groups in total. The molecule has 6 atom stereocenters. The van der Waals surface area contributed by atoms with E-state index in [9.17, 15) is 24.3 Å². The van der Waals surface area contributed by atoms with E-state index in [1.54, 1.807) is 0 Å². The Hall–Kier alpha value is -3.72. The first-order chi connectivity index (χ1) is 23.4. The van der Waals surface area contributed by atoms with Gasteiger partial charge >= 0.3 is 23.9 Å². The van der Waals surface area contributed by atoms with Gasteiger partial charge in [0.1, 0.15) is 0 Å². The van der Waals surface area contributed by atoms with Crippen molar-refractivity contribution in [2.75, 3.05) is 28.4 Å². The third-order valence-corrected chi connectivity index (χ3v) is 13.2. The highest BCUT2D eigenvalue weighted by Crippen LogP contribution is 2.72. The van der Waals surface area contributed by atoms with E-state index < -0.39 is 27.6 Å². The highest BCUT2D eigenvalue weighted by atomic mass is 16.5. The number of rotatable bonds is 6. The molecule has 0 aliphatic heterocycles. The van der Waals surface area contributed by atoms with Crippen LogP contribution in [0.15, 0.2) is 60.7 Å². The molecule has 8 aliphatic rings. The minimum atomic E-state index is -0.774. The summed E-state index contributed by atoms with van der Waals surface area (Å²) in [6.07, 6.45) is 9.16. The van der Waals surface area contributed by atoms with Crippen LogP contribution in [-0.2, 0) is 44.2 Å². The van der Waals surface area contributed by atoms with Gasteiger partial charge in [-0.15, -0.1) is 0 Å². The predicted octanol–water partition coefficient (Wildman–Crippen LogP) is 6.64. The predicted molar refractivity (Wildman–Crippen MR) is 187 cm³/mol. The number of aliphatic hydroxyl groups is 1. The second-order valence-electron chi connectivity index (χ2n) is 16.2. The highest BCUT2D eigenvalue weighted by Gasteiger charge is 2.70. The summed E-state index contributed by atoms with van der Waals surface area (Å²) < 4.78 is 15.5. The van der Waals surface area contributed by atoms with Gasteiger partial charge in [0.25, 0.3) is 0 Å². The normalized spacial score (nSPS) is 37.9. The lowest BCUT2D eigenvalue weighted by atomic mass is 9.38. The third-order valence-electron chi connectivity index (χ3n) is 13.2. The average molecular weight is 691 g/mol. The fourth-order valence-electron chi connectivity index (χ4n) is 12.7. The summed E-state index contributed by atoms with van der Waals surface area (Å²) in [5, 5.41) is 17.0. The zero-order valence-electron chi connectivity index (χ0n) is 29.2. The maximum Gasteiger partial charge on any atom is 0.311 e. The first-order valence-corrected chi connectivity index (χ1v) is 17.5. The van der Waals surface area contributed by atoms with Crippen LogP contribution in [0, 0.1) is 33.5 Å². The Kier molecular flexibility index (Phi) is 10.1. The molecular weight excluding hydrogens is 636 g/mol. The maximum absolute atomic E-state index is 12.7. The highest BCUT2D eigenvalue weighted by molar-refractivity contribution is 5.84. The smallest absolute Gasteiger partial charge is 0.311 e. The number of carboxylic acids is 1. The molecule has 10 rings (SSSR count). The Morgan fingerprint density at radius 3 is 1.14 bits per heavy atom. The van der Waals surface area contributed by atoms with Gasteiger partial charge in [-0.05, 0) is 111 Å². The van der Waals surface area contributed by atoms with Crippen LogP contribution in [0.2, 0.25) is 0 Å². The third kappa shape index (κ3) is 5.73. The van der Waals surface area contributed by atoms with E-state index in [1.807, 2.05) is 36.4 Å². The van der Waals surface area contributed by atoms with Gasteiger partial charge in [0, 0.05) is 7.11 Å². The molecule has 8 aliphatic carbocycles. The van der Waals surface area contributed by atoms with Crippen LogP contribution in [0.3, 0.4) is 0 Å². The fraction of sp³-hybridized carbons (Fsp3) is 0.610. The summed E-state index contributed by atoms with van der Waals surface area (Å²) in [5.74, 6) is -0.593. The zero-order valence-corrected chi connectivity index (χ0v) is 29.2. The molecule has 8 bridgehead atoms. The first kappa shape index (κ1) is 37.5. The van der Waals surface area contributed by atoms with E-state index in [0.29, 0.717) is 37.5 Å². The Bertz CT molecular complexity index is 1560. The molecule has 9 heteroatoms. The zero-order chi connectivity index (χ0) is 35.3. The molecule has 9 nitrogen and oxygen atoms in total. The van der Waals surface area contributed by atoms with Crippen molar-refractivity contribution in [1.82, 2.24) is 0 Å². The summed E-state index contributed by atoms with van der Waals surface area (Å²) >= 11 is 0. The van der Waals surface area contributed by atoms with Gasteiger partial charge in [-0.3, -0.25) is 19.2 Å². The van der Waals surface area contributed by atoms with Crippen molar-refractivity contribution in [2.24, 2.45) is 33.5 Å². The first-order valence-electron chi connectivity index (χ1n) is 17.5. The molecule has 0 aromatic heterocycles. The molecule has 6 unspecified atom stereocenters. The molecule has 0 spiro atoms. The number of aliphatic hydroxyl groups excluding tert-OH is 1. The minimum absolute atomic E-state index is 0. The van der Waals surface area contributed by atoms with Gasteiger partial charge in [0.15, 0.2) is 0 Å². The Morgan fingerprint density at radius 2 is 0.820 bits per heavy atom. The van der Waals surface area contributed by atoms with Gasteiger partial charge in [-0.1, -0.05) is 68.1 Å². The molecule has 50 heavy (non-hydrogen) atoms. The maximum atomic E-state index is 12.7. The van der Waals surface area contributed by atoms with Crippen LogP contribution in [0.25, 0.3) is 0 Å². The van der Waals surface area contributed by atoms with Gasteiger partial charge in [-0.2, -0.15) is 0 Å². The molecule has 0 amide bonds. The Balaban J connectivity index is 0.000000182. The van der Waals surface area contributed by atoms with Crippen molar-refractivity contribution in [1.29, 1.82) is 0 Å². The van der Waals surface area contributed by atoms with E-state index in [4.69, 9.17) is 19.3 Å². The fourth-order valence-corrected chi connectivity index (χ4v) is 12.7. The monoisotopic (exact) mass is 690 g/mol. The van der Waals surface area contributed by atoms with Gasteiger partial charge in [-0.25, -0.2) is 0 Å². The van der Waals surface area contributed by atoms with Crippen LogP contribution in [-0.4, -0.2) is 62.5 Å². The average Bonchev–Trinajstić information content (AvgIpc) is 3.11. The molecule has 0 radical (unpaired) electrons. The Labute approximate surface area is 296 Å². The van der Waals surface area contributed by atoms with E-state index in [0.717, 1.165) is 58.5 Å². The number of aliphatic carboxylic acids is 1. The number of carbonyl (C=O) groups excluding carboxylic acids is 3. The largest absolute Gasteiger partial charge is 0.481 e.